The van der Waals surface area contributed by atoms with E-state index in [0.29, 0.717) is 23.3 Å². The zero-order chi connectivity index (χ0) is 16.6. The third-order valence-electron chi connectivity index (χ3n) is 4.21. The largest absolute Gasteiger partial charge is 0.507 e. The Morgan fingerprint density at radius 2 is 2.04 bits per heavy atom. The third-order valence-corrected chi connectivity index (χ3v) is 4.21. The molecule has 122 valence electrons. The van der Waals surface area contributed by atoms with Crippen molar-refractivity contribution >= 4 is 11.5 Å². The fourth-order valence-electron chi connectivity index (χ4n) is 3.16. The molecule has 23 heavy (non-hydrogen) atoms. The minimum atomic E-state index is -0.576. The second kappa shape index (κ2) is 6.02. The molecule has 1 aliphatic rings. The SMILES string of the molecule is CC(=Nc1cc(C)nn1C1CCCC1)c1c(O)cc(C)oc1=O. The number of aliphatic imine (C=N–C) groups is 1. The number of hydrogen-bond acceptors (Lipinski definition) is 5. The van der Waals surface area contributed by atoms with Gasteiger partial charge in [-0.05, 0) is 33.6 Å². The van der Waals surface area contributed by atoms with E-state index in [9.17, 15) is 9.90 Å². The standard InChI is InChI=1S/C17H21N3O3/c1-10-8-15(20(19-10)13-6-4-5-7-13)18-12(3)16-14(21)9-11(2)23-17(16)22/h8-9,13,21H,4-7H2,1-3H3. The molecule has 1 aliphatic carbocycles. The number of rotatable bonds is 3. The molecular formula is C17H21N3O3. The van der Waals surface area contributed by atoms with Gasteiger partial charge in [0.1, 0.15) is 17.1 Å². The van der Waals surface area contributed by atoms with Crippen LogP contribution in [0, 0.1) is 13.8 Å². The van der Waals surface area contributed by atoms with E-state index < -0.39 is 5.63 Å². The molecule has 0 amide bonds. The van der Waals surface area contributed by atoms with E-state index >= 15 is 0 Å². The summed E-state index contributed by atoms with van der Waals surface area (Å²) >= 11 is 0. The Kier molecular flexibility index (Phi) is 4.07. The molecule has 1 saturated carbocycles. The molecular weight excluding hydrogens is 294 g/mol. The summed E-state index contributed by atoms with van der Waals surface area (Å²) in [5, 5.41) is 14.6. The molecule has 0 aromatic carbocycles. The van der Waals surface area contributed by atoms with Crippen LogP contribution in [-0.4, -0.2) is 20.6 Å². The molecule has 6 heteroatoms. The van der Waals surface area contributed by atoms with Crippen molar-refractivity contribution in [2.24, 2.45) is 4.99 Å². The first-order chi connectivity index (χ1) is 11.0. The van der Waals surface area contributed by atoms with Crippen molar-refractivity contribution in [2.75, 3.05) is 0 Å². The molecule has 0 aliphatic heterocycles. The lowest BCUT2D eigenvalue weighted by Gasteiger charge is -2.12. The summed E-state index contributed by atoms with van der Waals surface area (Å²) in [6, 6.07) is 3.68. The summed E-state index contributed by atoms with van der Waals surface area (Å²) in [4.78, 5) is 16.6. The van der Waals surface area contributed by atoms with Gasteiger partial charge in [-0.2, -0.15) is 5.10 Å². The molecule has 2 aromatic rings. The van der Waals surface area contributed by atoms with E-state index in [0.717, 1.165) is 18.5 Å². The Labute approximate surface area is 134 Å². The molecule has 1 N–H and O–H groups in total. The van der Waals surface area contributed by atoms with Crippen LogP contribution < -0.4 is 5.63 Å². The highest BCUT2D eigenvalue weighted by atomic mass is 16.4. The zero-order valence-corrected chi connectivity index (χ0v) is 13.7. The van der Waals surface area contributed by atoms with Gasteiger partial charge in [-0.3, -0.25) is 0 Å². The first-order valence-electron chi connectivity index (χ1n) is 7.91. The van der Waals surface area contributed by atoms with Gasteiger partial charge < -0.3 is 9.52 Å². The van der Waals surface area contributed by atoms with Gasteiger partial charge in [-0.1, -0.05) is 12.8 Å². The Hall–Kier alpha value is -2.37. The highest BCUT2D eigenvalue weighted by molar-refractivity contribution is 6.01. The fraction of sp³-hybridized carbons (Fsp3) is 0.471. The van der Waals surface area contributed by atoms with Crippen molar-refractivity contribution in [1.82, 2.24) is 9.78 Å². The van der Waals surface area contributed by atoms with Crippen molar-refractivity contribution in [3.05, 3.63) is 39.6 Å². The van der Waals surface area contributed by atoms with Crippen LogP contribution in [0.15, 0.2) is 26.3 Å². The maximum atomic E-state index is 12.0. The molecule has 3 rings (SSSR count). The molecule has 0 spiro atoms. The van der Waals surface area contributed by atoms with Crippen LogP contribution in [0.3, 0.4) is 0 Å². The molecule has 0 unspecified atom stereocenters. The van der Waals surface area contributed by atoms with Crippen molar-refractivity contribution in [1.29, 1.82) is 0 Å². The summed E-state index contributed by atoms with van der Waals surface area (Å²) in [7, 11) is 0. The molecule has 1 fully saturated rings. The van der Waals surface area contributed by atoms with E-state index in [-0.39, 0.29) is 11.3 Å². The van der Waals surface area contributed by atoms with Crippen molar-refractivity contribution in [3.8, 4) is 5.75 Å². The van der Waals surface area contributed by atoms with Crippen LogP contribution in [0.4, 0.5) is 5.82 Å². The lowest BCUT2D eigenvalue weighted by molar-refractivity contribution is 0.432. The molecule has 2 heterocycles. The lowest BCUT2D eigenvalue weighted by atomic mass is 10.1. The predicted octanol–water partition coefficient (Wildman–Crippen LogP) is 3.41. The lowest BCUT2D eigenvalue weighted by Crippen LogP contribution is -2.13. The summed E-state index contributed by atoms with van der Waals surface area (Å²) in [5.74, 6) is 0.978. The Morgan fingerprint density at radius 3 is 2.70 bits per heavy atom. The van der Waals surface area contributed by atoms with Crippen LogP contribution in [0.2, 0.25) is 0 Å². The summed E-state index contributed by atoms with van der Waals surface area (Å²) in [6.45, 7) is 5.25. The molecule has 0 saturated heterocycles. The smallest absolute Gasteiger partial charge is 0.348 e. The predicted molar refractivity (Wildman–Crippen MR) is 87.7 cm³/mol. The second-order valence-electron chi connectivity index (χ2n) is 6.13. The monoisotopic (exact) mass is 315 g/mol. The van der Waals surface area contributed by atoms with Crippen molar-refractivity contribution < 1.29 is 9.52 Å². The fourth-order valence-corrected chi connectivity index (χ4v) is 3.16. The zero-order valence-electron chi connectivity index (χ0n) is 13.7. The van der Waals surface area contributed by atoms with E-state index in [4.69, 9.17) is 4.42 Å². The summed E-state index contributed by atoms with van der Waals surface area (Å²) in [6.07, 6.45) is 4.60. The van der Waals surface area contributed by atoms with Gasteiger partial charge >= 0.3 is 5.63 Å². The second-order valence-corrected chi connectivity index (χ2v) is 6.13. The van der Waals surface area contributed by atoms with Crippen LogP contribution >= 0.6 is 0 Å². The number of hydrogen-bond donors (Lipinski definition) is 1. The van der Waals surface area contributed by atoms with Crippen molar-refractivity contribution in [2.45, 2.75) is 52.5 Å². The molecule has 0 bridgehead atoms. The highest BCUT2D eigenvalue weighted by Crippen LogP contribution is 2.33. The topological polar surface area (TPSA) is 80.6 Å². The van der Waals surface area contributed by atoms with Gasteiger partial charge in [0.2, 0.25) is 0 Å². The van der Waals surface area contributed by atoms with Crippen molar-refractivity contribution in [3.63, 3.8) is 0 Å². The molecule has 0 radical (unpaired) electrons. The maximum Gasteiger partial charge on any atom is 0.348 e. The first kappa shape index (κ1) is 15.5. The summed E-state index contributed by atoms with van der Waals surface area (Å²) < 4.78 is 7.01. The normalized spacial score (nSPS) is 16.2. The number of aromatic hydroxyl groups is 1. The Balaban J connectivity index is 2.03. The van der Waals surface area contributed by atoms with E-state index in [1.54, 1.807) is 13.8 Å². The van der Waals surface area contributed by atoms with E-state index in [1.807, 2.05) is 17.7 Å². The number of aromatic nitrogens is 2. The molecule has 0 atom stereocenters. The van der Waals surface area contributed by atoms with Crippen LogP contribution in [0.5, 0.6) is 5.75 Å². The molecule has 2 aromatic heterocycles. The minimum absolute atomic E-state index is 0.104. The Bertz CT molecular complexity index is 811. The van der Waals surface area contributed by atoms with Crippen LogP contribution in [0.25, 0.3) is 0 Å². The van der Waals surface area contributed by atoms with Crippen LogP contribution in [-0.2, 0) is 0 Å². The van der Waals surface area contributed by atoms with E-state index in [1.165, 1.54) is 18.9 Å². The van der Waals surface area contributed by atoms with Crippen LogP contribution in [0.1, 0.15) is 55.7 Å². The summed E-state index contributed by atoms with van der Waals surface area (Å²) in [5.41, 5.74) is 0.846. The third kappa shape index (κ3) is 3.06. The highest BCUT2D eigenvalue weighted by Gasteiger charge is 2.21. The molecule has 6 nitrogen and oxygen atoms in total. The van der Waals surface area contributed by atoms with Gasteiger partial charge in [0, 0.05) is 12.1 Å². The first-order valence-corrected chi connectivity index (χ1v) is 7.91. The Morgan fingerprint density at radius 1 is 1.35 bits per heavy atom. The number of aryl methyl sites for hydroxylation is 2. The van der Waals surface area contributed by atoms with E-state index in [2.05, 4.69) is 10.1 Å². The average molecular weight is 315 g/mol. The quantitative estimate of drug-likeness (QED) is 0.880. The van der Waals surface area contributed by atoms with Gasteiger partial charge in [0.15, 0.2) is 5.82 Å². The maximum absolute atomic E-state index is 12.0. The van der Waals surface area contributed by atoms with Gasteiger partial charge in [0.05, 0.1) is 17.4 Å². The van der Waals surface area contributed by atoms with Gasteiger partial charge in [-0.25, -0.2) is 14.5 Å². The number of nitrogens with zero attached hydrogens (tertiary/aromatic N) is 3. The minimum Gasteiger partial charge on any atom is -0.507 e. The average Bonchev–Trinajstić information content (AvgIpc) is 3.06. The van der Waals surface area contributed by atoms with Gasteiger partial charge in [0.25, 0.3) is 0 Å². The van der Waals surface area contributed by atoms with Gasteiger partial charge in [-0.15, -0.1) is 0 Å².